The molecule has 13 heavy (non-hydrogen) atoms. The Labute approximate surface area is 77.5 Å². The molecular formula is C10H13NO2. The molecule has 0 bridgehead atoms. The second-order valence-corrected chi connectivity index (χ2v) is 3.59. The van der Waals surface area contributed by atoms with Crippen molar-refractivity contribution in [2.24, 2.45) is 0 Å². The minimum absolute atomic E-state index is 0.465. The van der Waals surface area contributed by atoms with E-state index in [4.69, 9.17) is 4.84 Å². The van der Waals surface area contributed by atoms with Crippen molar-refractivity contribution in [2.45, 2.75) is 26.4 Å². The lowest BCUT2D eigenvalue weighted by Gasteiger charge is -2.09. The molecule has 70 valence electrons. The molecule has 3 nitrogen and oxygen atoms in total. The van der Waals surface area contributed by atoms with Crippen LogP contribution in [-0.2, 0) is 11.4 Å². The van der Waals surface area contributed by atoms with Gasteiger partial charge in [-0.2, -0.15) is 0 Å². The number of rotatable bonds is 1. The highest BCUT2D eigenvalue weighted by Gasteiger charge is 2.18. The molecule has 0 aliphatic carbocycles. The Morgan fingerprint density at radius 1 is 1.46 bits per heavy atom. The van der Waals surface area contributed by atoms with Crippen LogP contribution in [0.2, 0.25) is 0 Å². The van der Waals surface area contributed by atoms with Crippen LogP contribution < -0.4 is 5.23 Å². The van der Waals surface area contributed by atoms with E-state index in [0.717, 1.165) is 16.5 Å². The van der Waals surface area contributed by atoms with Crippen LogP contribution in [0.1, 0.15) is 30.9 Å². The van der Waals surface area contributed by atoms with Crippen molar-refractivity contribution >= 4 is 5.69 Å². The molecule has 0 unspecified atom stereocenters. The number of anilines is 1. The highest BCUT2D eigenvalue weighted by molar-refractivity contribution is 5.53. The zero-order chi connectivity index (χ0) is 9.42. The van der Waals surface area contributed by atoms with Crippen LogP contribution in [0.15, 0.2) is 18.2 Å². The second kappa shape index (κ2) is 3.01. The summed E-state index contributed by atoms with van der Waals surface area (Å²) in [6, 6.07) is 5.98. The lowest BCUT2D eigenvalue weighted by molar-refractivity contribution is -0.0329. The van der Waals surface area contributed by atoms with Gasteiger partial charge >= 0.3 is 0 Å². The van der Waals surface area contributed by atoms with E-state index in [9.17, 15) is 5.21 Å². The zero-order valence-electron chi connectivity index (χ0n) is 7.82. The Morgan fingerprint density at radius 3 is 2.92 bits per heavy atom. The van der Waals surface area contributed by atoms with Gasteiger partial charge in [0.15, 0.2) is 0 Å². The second-order valence-electron chi connectivity index (χ2n) is 3.59. The first-order valence-electron chi connectivity index (χ1n) is 4.43. The minimum atomic E-state index is 0.465. The normalized spacial score (nSPS) is 15.2. The molecule has 3 heteroatoms. The van der Waals surface area contributed by atoms with Crippen molar-refractivity contribution in [3.8, 4) is 0 Å². The molecule has 0 saturated heterocycles. The summed E-state index contributed by atoms with van der Waals surface area (Å²) < 4.78 is 0. The number of benzene rings is 1. The summed E-state index contributed by atoms with van der Waals surface area (Å²) in [7, 11) is 0. The highest BCUT2D eigenvalue weighted by Crippen LogP contribution is 2.30. The van der Waals surface area contributed by atoms with Crippen molar-refractivity contribution < 1.29 is 10.0 Å². The summed E-state index contributed by atoms with van der Waals surface area (Å²) >= 11 is 0. The first-order valence-corrected chi connectivity index (χ1v) is 4.43. The van der Waals surface area contributed by atoms with Gasteiger partial charge in [0.2, 0.25) is 0 Å². The summed E-state index contributed by atoms with van der Waals surface area (Å²) in [6.07, 6.45) is 0. The maximum atomic E-state index is 9.22. The summed E-state index contributed by atoms with van der Waals surface area (Å²) in [5.74, 6) is 0.512. The Kier molecular flexibility index (Phi) is 1.98. The predicted molar refractivity (Wildman–Crippen MR) is 49.6 cm³/mol. The maximum absolute atomic E-state index is 9.22. The third-order valence-corrected chi connectivity index (χ3v) is 2.32. The fraction of sp³-hybridized carbons (Fsp3) is 0.400. The number of nitrogens with zero attached hydrogens (tertiary/aromatic N) is 1. The van der Waals surface area contributed by atoms with Gasteiger partial charge in [-0.3, -0.25) is 5.21 Å². The molecule has 0 spiro atoms. The molecule has 0 aromatic heterocycles. The molecular weight excluding hydrogens is 166 g/mol. The third-order valence-electron chi connectivity index (χ3n) is 2.32. The van der Waals surface area contributed by atoms with Crippen LogP contribution in [0.4, 0.5) is 5.69 Å². The molecule has 0 fully saturated rings. The van der Waals surface area contributed by atoms with Crippen LogP contribution in [-0.4, -0.2) is 5.21 Å². The maximum Gasteiger partial charge on any atom is 0.105 e. The molecule has 1 aliphatic heterocycles. The topological polar surface area (TPSA) is 32.7 Å². The Hall–Kier alpha value is -1.06. The van der Waals surface area contributed by atoms with E-state index in [0.29, 0.717) is 12.5 Å². The van der Waals surface area contributed by atoms with Gasteiger partial charge in [-0.15, -0.1) is 5.23 Å². The lowest BCUT2D eigenvalue weighted by Crippen LogP contribution is -2.10. The van der Waals surface area contributed by atoms with Crippen LogP contribution >= 0.6 is 0 Å². The van der Waals surface area contributed by atoms with Crippen LogP contribution in [0.5, 0.6) is 0 Å². The summed E-state index contributed by atoms with van der Waals surface area (Å²) in [4.78, 5) is 4.95. The average molecular weight is 179 g/mol. The van der Waals surface area contributed by atoms with Gasteiger partial charge < -0.3 is 0 Å². The number of hydrogen-bond donors (Lipinski definition) is 1. The Bertz CT molecular complexity index is 323. The average Bonchev–Trinajstić information content (AvgIpc) is 2.47. The highest BCUT2D eigenvalue weighted by atomic mass is 16.9. The van der Waals surface area contributed by atoms with E-state index >= 15 is 0 Å². The van der Waals surface area contributed by atoms with Crippen LogP contribution in [0.25, 0.3) is 0 Å². The van der Waals surface area contributed by atoms with Gasteiger partial charge in [0.05, 0.1) is 0 Å². The Balaban J connectivity index is 2.40. The van der Waals surface area contributed by atoms with Crippen molar-refractivity contribution in [2.75, 3.05) is 5.23 Å². The van der Waals surface area contributed by atoms with Crippen LogP contribution in [0, 0.1) is 0 Å². The quantitative estimate of drug-likeness (QED) is 0.718. The molecule has 0 atom stereocenters. The van der Waals surface area contributed by atoms with Gasteiger partial charge in [-0.05, 0) is 17.5 Å². The molecule has 0 saturated carbocycles. The number of fused-ring (bicyclic) bond motifs is 1. The molecule has 0 radical (unpaired) electrons. The Morgan fingerprint density at radius 2 is 2.23 bits per heavy atom. The molecule has 1 heterocycles. The fourth-order valence-corrected chi connectivity index (χ4v) is 1.47. The van der Waals surface area contributed by atoms with Gasteiger partial charge in [0.1, 0.15) is 12.3 Å². The molecule has 1 aromatic carbocycles. The SMILES string of the molecule is CC(C)c1ccc2c(c1)CON2O. The molecule has 2 rings (SSSR count). The van der Waals surface area contributed by atoms with Crippen molar-refractivity contribution in [3.05, 3.63) is 29.3 Å². The minimum Gasteiger partial charge on any atom is -0.264 e. The van der Waals surface area contributed by atoms with Crippen molar-refractivity contribution in [1.82, 2.24) is 0 Å². The molecule has 1 aliphatic rings. The number of hydrogen-bond acceptors (Lipinski definition) is 3. The summed E-state index contributed by atoms with van der Waals surface area (Å²) in [6.45, 7) is 4.76. The smallest absolute Gasteiger partial charge is 0.105 e. The molecule has 0 amide bonds. The standard InChI is InChI=1S/C10H13NO2/c1-7(2)8-3-4-10-9(5-8)6-13-11(10)12/h3-5,7,12H,6H2,1-2H3. The zero-order valence-corrected chi connectivity index (χ0v) is 7.82. The first-order chi connectivity index (χ1) is 6.18. The fourth-order valence-electron chi connectivity index (χ4n) is 1.47. The van der Waals surface area contributed by atoms with E-state index in [-0.39, 0.29) is 0 Å². The van der Waals surface area contributed by atoms with E-state index in [2.05, 4.69) is 19.9 Å². The first kappa shape index (κ1) is 8.53. The summed E-state index contributed by atoms with van der Waals surface area (Å²) in [5, 5.41) is 10.1. The monoisotopic (exact) mass is 179 g/mol. The van der Waals surface area contributed by atoms with Crippen LogP contribution in [0.3, 0.4) is 0 Å². The summed E-state index contributed by atoms with van der Waals surface area (Å²) in [5.41, 5.74) is 3.08. The van der Waals surface area contributed by atoms with Gasteiger partial charge in [-0.25, -0.2) is 4.84 Å². The van der Waals surface area contributed by atoms with Crippen molar-refractivity contribution in [1.29, 1.82) is 0 Å². The van der Waals surface area contributed by atoms with E-state index in [1.54, 1.807) is 0 Å². The largest absolute Gasteiger partial charge is 0.264 e. The van der Waals surface area contributed by atoms with Crippen molar-refractivity contribution in [3.63, 3.8) is 0 Å². The van der Waals surface area contributed by atoms with Gasteiger partial charge in [0.25, 0.3) is 0 Å². The predicted octanol–water partition coefficient (Wildman–Crippen LogP) is 2.45. The molecule has 1 N–H and O–H groups in total. The van der Waals surface area contributed by atoms with Gasteiger partial charge in [-0.1, -0.05) is 26.0 Å². The van der Waals surface area contributed by atoms with E-state index in [1.165, 1.54) is 5.56 Å². The third kappa shape index (κ3) is 1.41. The molecule has 1 aromatic rings. The van der Waals surface area contributed by atoms with E-state index in [1.807, 2.05) is 12.1 Å². The lowest BCUT2D eigenvalue weighted by atomic mass is 10.0. The van der Waals surface area contributed by atoms with E-state index < -0.39 is 0 Å². The van der Waals surface area contributed by atoms with Gasteiger partial charge in [0, 0.05) is 5.56 Å².